The number of hydrogen-bond acceptors (Lipinski definition) is 2. The number of aliphatic imine (C=N–C) groups is 1. The zero-order valence-corrected chi connectivity index (χ0v) is 16.8. The van der Waals surface area contributed by atoms with E-state index in [-0.39, 0.29) is 29.4 Å². The van der Waals surface area contributed by atoms with Crippen molar-refractivity contribution >= 4 is 41.5 Å². The average Bonchev–Trinajstić information content (AvgIpc) is 3.16. The highest BCUT2D eigenvalue weighted by atomic mass is 127. The van der Waals surface area contributed by atoms with E-state index in [1.165, 1.54) is 18.4 Å². The molecule has 1 aromatic carbocycles. The van der Waals surface area contributed by atoms with Gasteiger partial charge >= 0.3 is 0 Å². The van der Waals surface area contributed by atoms with Crippen molar-refractivity contribution < 1.29 is 4.42 Å². The minimum Gasteiger partial charge on any atom is -0.467 e. The quantitative estimate of drug-likeness (QED) is 0.384. The van der Waals surface area contributed by atoms with Gasteiger partial charge in [-0.1, -0.05) is 23.7 Å². The summed E-state index contributed by atoms with van der Waals surface area (Å²) in [5, 5.41) is 7.53. The van der Waals surface area contributed by atoms with E-state index in [2.05, 4.69) is 34.7 Å². The smallest absolute Gasteiger partial charge is 0.191 e. The summed E-state index contributed by atoms with van der Waals surface area (Å²) in [4.78, 5) is 4.57. The number of guanidine groups is 1. The molecule has 0 aliphatic heterocycles. The molecule has 2 N–H and O–H groups in total. The molecule has 0 atom stereocenters. The van der Waals surface area contributed by atoms with Gasteiger partial charge in [-0.2, -0.15) is 0 Å². The molecule has 0 bridgehead atoms. The van der Waals surface area contributed by atoms with Gasteiger partial charge in [-0.15, -0.1) is 24.0 Å². The lowest BCUT2D eigenvalue weighted by Crippen LogP contribution is -2.41. The summed E-state index contributed by atoms with van der Waals surface area (Å²) in [5.74, 6) is 1.69. The van der Waals surface area contributed by atoms with Crippen LogP contribution in [0, 0.1) is 0 Å². The first-order valence-electron chi connectivity index (χ1n) is 8.02. The lowest BCUT2D eigenvalue weighted by Gasteiger charge is -2.19. The van der Waals surface area contributed by atoms with E-state index in [1.54, 1.807) is 6.26 Å². The summed E-state index contributed by atoms with van der Waals surface area (Å²) in [6.07, 6.45) is 4.06. The van der Waals surface area contributed by atoms with Gasteiger partial charge in [0.25, 0.3) is 0 Å². The van der Waals surface area contributed by atoms with Crippen molar-refractivity contribution in [1.82, 2.24) is 10.6 Å². The largest absolute Gasteiger partial charge is 0.467 e. The molecule has 6 heteroatoms. The van der Waals surface area contributed by atoms with Gasteiger partial charge in [-0.05, 0) is 49.6 Å². The van der Waals surface area contributed by atoms with Gasteiger partial charge < -0.3 is 15.1 Å². The molecular formula is C18H23ClIN3O. The molecule has 0 unspecified atom stereocenters. The zero-order chi connectivity index (χ0) is 16.1. The van der Waals surface area contributed by atoms with Crippen LogP contribution in [0.15, 0.2) is 52.1 Å². The Morgan fingerprint density at radius 1 is 1.21 bits per heavy atom. The van der Waals surface area contributed by atoms with Crippen molar-refractivity contribution in [3.63, 3.8) is 0 Å². The van der Waals surface area contributed by atoms with E-state index in [9.17, 15) is 0 Å². The molecule has 4 nitrogen and oxygen atoms in total. The van der Waals surface area contributed by atoms with Crippen LogP contribution in [-0.2, 0) is 12.0 Å². The summed E-state index contributed by atoms with van der Waals surface area (Å²) in [6.45, 7) is 4.31. The SMILES string of the molecule is CCNC(=NCc1ccco1)NCC1(c2ccc(Cl)cc2)CC1.I. The van der Waals surface area contributed by atoms with Gasteiger partial charge in [0.05, 0.1) is 6.26 Å². The zero-order valence-electron chi connectivity index (χ0n) is 13.7. The molecule has 1 heterocycles. The Hall–Kier alpha value is -1.21. The van der Waals surface area contributed by atoms with Crippen LogP contribution in [-0.4, -0.2) is 19.0 Å². The molecule has 130 valence electrons. The normalized spacial score (nSPS) is 15.5. The highest BCUT2D eigenvalue weighted by Crippen LogP contribution is 2.47. The van der Waals surface area contributed by atoms with E-state index in [0.29, 0.717) is 6.54 Å². The van der Waals surface area contributed by atoms with Gasteiger partial charge in [0, 0.05) is 23.5 Å². The molecule has 1 saturated carbocycles. The van der Waals surface area contributed by atoms with Gasteiger partial charge in [-0.3, -0.25) is 0 Å². The molecule has 1 fully saturated rings. The third kappa shape index (κ3) is 4.89. The molecule has 2 aromatic rings. The first-order chi connectivity index (χ1) is 11.2. The maximum atomic E-state index is 5.99. The summed E-state index contributed by atoms with van der Waals surface area (Å²) >= 11 is 5.99. The molecule has 0 amide bonds. The van der Waals surface area contributed by atoms with Gasteiger partial charge in [-0.25, -0.2) is 4.99 Å². The fourth-order valence-electron chi connectivity index (χ4n) is 2.68. The Morgan fingerprint density at radius 2 is 1.96 bits per heavy atom. The lowest BCUT2D eigenvalue weighted by atomic mass is 9.96. The number of hydrogen-bond donors (Lipinski definition) is 2. The Balaban J connectivity index is 0.00000208. The van der Waals surface area contributed by atoms with Crippen molar-refractivity contribution in [3.05, 3.63) is 59.0 Å². The van der Waals surface area contributed by atoms with E-state index >= 15 is 0 Å². The predicted octanol–water partition coefficient (Wildman–Crippen LogP) is 4.34. The van der Waals surface area contributed by atoms with Crippen LogP contribution in [0.25, 0.3) is 0 Å². The van der Waals surface area contributed by atoms with Crippen LogP contribution in [0.1, 0.15) is 31.1 Å². The van der Waals surface area contributed by atoms with Crippen molar-refractivity contribution in [2.24, 2.45) is 4.99 Å². The van der Waals surface area contributed by atoms with Crippen molar-refractivity contribution in [2.75, 3.05) is 13.1 Å². The standard InChI is InChI=1S/C18H22ClN3O.HI/c1-2-20-17(21-12-16-4-3-11-23-16)22-13-18(9-10-18)14-5-7-15(19)8-6-14;/h3-8,11H,2,9-10,12-13H2,1H3,(H2,20,21,22);1H. The van der Waals surface area contributed by atoms with Crippen molar-refractivity contribution in [2.45, 2.75) is 31.7 Å². The summed E-state index contributed by atoms with van der Waals surface area (Å²) < 4.78 is 5.33. The van der Waals surface area contributed by atoms with Crippen LogP contribution < -0.4 is 10.6 Å². The van der Waals surface area contributed by atoms with E-state index in [1.807, 2.05) is 24.3 Å². The van der Waals surface area contributed by atoms with Gasteiger partial charge in [0.2, 0.25) is 0 Å². The molecular weight excluding hydrogens is 437 g/mol. The monoisotopic (exact) mass is 459 g/mol. The molecule has 0 spiro atoms. The first-order valence-corrected chi connectivity index (χ1v) is 8.40. The fourth-order valence-corrected chi connectivity index (χ4v) is 2.80. The van der Waals surface area contributed by atoms with Crippen molar-refractivity contribution in [1.29, 1.82) is 0 Å². The second-order valence-corrected chi connectivity index (χ2v) is 6.35. The molecule has 3 rings (SSSR count). The van der Waals surface area contributed by atoms with Crippen LogP contribution in [0.2, 0.25) is 5.02 Å². The van der Waals surface area contributed by atoms with E-state index < -0.39 is 0 Å². The Labute approximate surface area is 165 Å². The molecule has 24 heavy (non-hydrogen) atoms. The summed E-state index contributed by atoms with van der Waals surface area (Å²) in [5.41, 5.74) is 1.56. The van der Waals surface area contributed by atoms with E-state index in [0.717, 1.165) is 29.8 Å². The number of nitrogens with one attached hydrogen (secondary N) is 2. The molecule has 1 aromatic heterocycles. The molecule has 1 aliphatic carbocycles. The van der Waals surface area contributed by atoms with Gasteiger partial charge in [0.1, 0.15) is 12.3 Å². The predicted molar refractivity (Wildman–Crippen MR) is 109 cm³/mol. The van der Waals surface area contributed by atoms with E-state index in [4.69, 9.17) is 16.0 Å². The average molecular weight is 460 g/mol. The Kier molecular flexibility index (Phi) is 6.98. The summed E-state index contributed by atoms with van der Waals surface area (Å²) in [6, 6.07) is 12.0. The molecule has 1 aliphatic rings. The van der Waals surface area contributed by atoms with Crippen LogP contribution >= 0.6 is 35.6 Å². The minimum atomic E-state index is 0. The topological polar surface area (TPSA) is 49.6 Å². The Bertz CT molecular complexity index is 651. The second-order valence-electron chi connectivity index (χ2n) is 5.92. The third-order valence-corrected chi connectivity index (χ3v) is 4.47. The number of halogens is 2. The number of rotatable bonds is 6. The fraction of sp³-hybridized carbons (Fsp3) is 0.389. The van der Waals surface area contributed by atoms with Crippen LogP contribution in [0.3, 0.4) is 0 Å². The minimum absolute atomic E-state index is 0. The number of furan rings is 1. The van der Waals surface area contributed by atoms with Gasteiger partial charge in [0.15, 0.2) is 5.96 Å². The Morgan fingerprint density at radius 3 is 2.54 bits per heavy atom. The second kappa shape index (κ2) is 8.76. The first kappa shape index (κ1) is 19.1. The third-order valence-electron chi connectivity index (χ3n) is 4.22. The summed E-state index contributed by atoms with van der Waals surface area (Å²) in [7, 11) is 0. The molecule has 0 radical (unpaired) electrons. The number of benzene rings is 1. The maximum Gasteiger partial charge on any atom is 0.191 e. The maximum absolute atomic E-state index is 5.99. The lowest BCUT2D eigenvalue weighted by molar-refractivity contribution is 0.511. The highest BCUT2D eigenvalue weighted by molar-refractivity contribution is 14.0. The highest BCUT2D eigenvalue weighted by Gasteiger charge is 2.44. The van der Waals surface area contributed by atoms with Crippen molar-refractivity contribution in [3.8, 4) is 0 Å². The number of nitrogens with zero attached hydrogens (tertiary/aromatic N) is 1. The molecule has 0 saturated heterocycles. The van der Waals surface area contributed by atoms with Crippen LogP contribution in [0.4, 0.5) is 0 Å². The van der Waals surface area contributed by atoms with Crippen LogP contribution in [0.5, 0.6) is 0 Å².